The largest absolute Gasteiger partial charge is 0.463 e. The third kappa shape index (κ3) is 32.4. The zero-order valence-electron chi connectivity index (χ0n) is 31.6. The first-order chi connectivity index (χ1) is 23.8. The molecule has 0 heterocycles. The maximum atomic E-state index is 12.4. The minimum Gasteiger partial charge on any atom is -0.463 e. The van der Waals surface area contributed by atoms with E-state index in [1.165, 1.54) is 109 Å². The van der Waals surface area contributed by atoms with E-state index in [0.29, 0.717) is 12.8 Å². The van der Waals surface area contributed by atoms with Crippen LogP contribution in [0, 0.1) is 0 Å². The van der Waals surface area contributed by atoms with Gasteiger partial charge in [0.2, 0.25) is 0 Å². The fraction of sp³-hybridized carbons (Fsp3) is 0.897. The van der Waals surface area contributed by atoms with Crippen molar-refractivity contribution in [3.63, 3.8) is 0 Å². The summed E-state index contributed by atoms with van der Waals surface area (Å²) in [6, 6.07) is 0. The summed E-state index contributed by atoms with van der Waals surface area (Å²) in [5.74, 6) is -2.39. The first kappa shape index (κ1) is 47.8. The normalized spacial score (nSPS) is 14.1. The second kappa shape index (κ2) is 35.2. The molecule has 0 saturated heterocycles. The van der Waals surface area contributed by atoms with E-state index in [-0.39, 0.29) is 26.1 Å². The third-order valence-corrected chi connectivity index (χ3v) is 10.5. The number of ether oxygens (including phenoxy) is 2. The zero-order valence-corrected chi connectivity index (χ0v) is 32.5. The van der Waals surface area contributed by atoms with E-state index in [1.54, 1.807) is 0 Å². The minimum atomic E-state index is -4.42. The van der Waals surface area contributed by atoms with Crippen molar-refractivity contribution in [1.29, 1.82) is 0 Å². The molecule has 0 spiro atoms. The van der Waals surface area contributed by atoms with Crippen molar-refractivity contribution < 1.29 is 38.2 Å². The highest BCUT2D eigenvalue weighted by molar-refractivity contribution is 7.53. The minimum absolute atomic E-state index is 0.233. The molecule has 10 heteroatoms. The number of carbonyl (C=O) groups is 2. The Balaban J connectivity index is 4.15. The first-order valence-corrected chi connectivity index (χ1v) is 21.7. The molecular weight excluding hydrogens is 641 g/mol. The monoisotopic (exact) mass is 718 g/mol. The molecule has 2 unspecified atom stereocenters. The molecule has 0 rings (SSSR count). The summed E-state index contributed by atoms with van der Waals surface area (Å²) in [7, 11) is -4.42. The topological polar surface area (TPSA) is 145 Å². The number of unbranched alkanes of at least 4 members (excludes halogenated alkanes) is 23. The summed E-state index contributed by atoms with van der Waals surface area (Å²) >= 11 is 0. The molecule has 0 saturated carbocycles. The van der Waals surface area contributed by atoms with Crippen LogP contribution in [0.5, 0.6) is 0 Å². The highest BCUT2D eigenvalue weighted by Crippen LogP contribution is 2.46. The Labute approximate surface area is 300 Å². The van der Waals surface area contributed by atoms with E-state index in [0.717, 1.165) is 44.9 Å². The number of aliphatic hydroxyl groups excluding tert-OH is 1. The molecule has 0 aliphatic carbocycles. The smallest absolute Gasteiger partial charge is 0.347 e. The van der Waals surface area contributed by atoms with Crippen molar-refractivity contribution in [2.45, 2.75) is 206 Å². The Morgan fingerprint density at radius 3 is 1.27 bits per heavy atom. The van der Waals surface area contributed by atoms with Crippen LogP contribution in [-0.4, -0.2) is 53.6 Å². The lowest BCUT2D eigenvalue weighted by Gasteiger charge is -2.23. The van der Waals surface area contributed by atoms with Gasteiger partial charge in [-0.25, -0.2) is 0 Å². The SMILES string of the molecule is CCCCCCCC/C=C\CCCCCCCC(=O)OC[C@@H](COC(=O)CCCCCCCCCCCCCCC)OP(=O)(O)C(N)CO. The molecule has 0 amide bonds. The predicted molar refractivity (Wildman–Crippen MR) is 201 cm³/mol. The summed E-state index contributed by atoms with van der Waals surface area (Å²) in [5, 5.41) is 9.22. The maximum absolute atomic E-state index is 12.4. The number of nitrogens with two attached hydrogens (primary N) is 1. The number of hydrogen-bond acceptors (Lipinski definition) is 8. The van der Waals surface area contributed by atoms with Gasteiger partial charge in [-0.15, -0.1) is 0 Å². The van der Waals surface area contributed by atoms with Crippen LogP contribution in [0.15, 0.2) is 12.2 Å². The molecule has 4 N–H and O–H groups in total. The average Bonchev–Trinajstić information content (AvgIpc) is 3.09. The summed E-state index contributed by atoms with van der Waals surface area (Å²) in [6.45, 7) is 3.03. The number of rotatable bonds is 37. The van der Waals surface area contributed by atoms with Gasteiger partial charge in [-0.1, -0.05) is 154 Å². The first-order valence-electron chi connectivity index (χ1n) is 20.1. The van der Waals surface area contributed by atoms with E-state index in [1.807, 2.05) is 0 Å². The summed E-state index contributed by atoms with van der Waals surface area (Å²) in [5.41, 5.74) is 5.54. The Bertz CT molecular complexity index is 840. The molecule has 0 aromatic carbocycles. The van der Waals surface area contributed by atoms with E-state index < -0.39 is 38.0 Å². The third-order valence-electron chi connectivity index (χ3n) is 8.89. The Kier molecular flexibility index (Phi) is 34.3. The zero-order chi connectivity index (χ0) is 36.3. The van der Waals surface area contributed by atoms with Crippen LogP contribution in [0.4, 0.5) is 0 Å². The molecular formula is C39H76NO8P. The standard InChI is InChI=1S/C39H76NO8P/c1-3-5-7-9-11-13-15-17-18-20-22-24-26-28-30-32-39(43)47-35-36(48-49(44,45)37(40)33-41)34-46-38(42)31-29-27-25-23-21-19-16-14-12-10-8-6-4-2/h17-18,36-37,41H,3-16,19-35,40H2,1-2H3,(H,44,45)/b18-17-/t36-,37?/m1/s1. The summed E-state index contributed by atoms with van der Waals surface area (Å²) in [6.07, 6.45) is 34.8. The van der Waals surface area contributed by atoms with E-state index in [4.69, 9.17) is 19.7 Å². The molecule has 3 atom stereocenters. The van der Waals surface area contributed by atoms with Gasteiger partial charge in [0, 0.05) is 12.8 Å². The Hall–Kier alpha value is -1.25. The van der Waals surface area contributed by atoms with Crippen LogP contribution in [0.1, 0.15) is 194 Å². The lowest BCUT2D eigenvalue weighted by molar-refractivity contribution is -0.151. The molecule has 0 aliphatic rings. The van der Waals surface area contributed by atoms with Gasteiger partial charge in [-0.3, -0.25) is 18.7 Å². The summed E-state index contributed by atoms with van der Waals surface area (Å²) in [4.78, 5) is 34.8. The van der Waals surface area contributed by atoms with Gasteiger partial charge in [-0.2, -0.15) is 0 Å². The van der Waals surface area contributed by atoms with Gasteiger partial charge in [0.25, 0.3) is 0 Å². The molecule has 290 valence electrons. The second-order valence-corrected chi connectivity index (χ2v) is 15.7. The number of aliphatic hydroxyl groups is 1. The molecule has 49 heavy (non-hydrogen) atoms. The fourth-order valence-corrected chi connectivity index (χ4v) is 6.56. The molecule has 0 fully saturated rings. The van der Waals surface area contributed by atoms with Crippen molar-refractivity contribution >= 4 is 19.5 Å². The van der Waals surface area contributed by atoms with Gasteiger partial charge in [0.15, 0.2) is 0 Å². The van der Waals surface area contributed by atoms with Gasteiger partial charge in [0.1, 0.15) is 25.1 Å². The molecule has 9 nitrogen and oxygen atoms in total. The maximum Gasteiger partial charge on any atom is 0.347 e. The predicted octanol–water partition coefficient (Wildman–Crippen LogP) is 10.4. The van der Waals surface area contributed by atoms with Crippen LogP contribution in [0.3, 0.4) is 0 Å². The van der Waals surface area contributed by atoms with Gasteiger partial charge >= 0.3 is 19.5 Å². The lowest BCUT2D eigenvalue weighted by Crippen LogP contribution is -2.32. The van der Waals surface area contributed by atoms with E-state index in [2.05, 4.69) is 26.0 Å². The van der Waals surface area contributed by atoms with E-state index >= 15 is 0 Å². The van der Waals surface area contributed by atoms with Crippen LogP contribution in [-0.2, 0) is 28.2 Å². The van der Waals surface area contributed by atoms with Gasteiger partial charge in [0.05, 0.1) is 6.61 Å². The highest BCUT2D eigenvalue weighted by Gasteiger charge is 2.33. The molecule has 0 aliphatic heterocycles. The fourth-order valence-electron chi connectivity index (χ4n) is 5.65. The van der Waals surface area contributed by atoms with Gasteiger partial charge in [-0.05, 0) is 38.5 Å². The van der Waals surface area contributed by atoms with Crippen molar-refractivity contribution in [2.75, 3.05) is 19.8 Å². The quantitative estimate of drug-likeness (QED) is 0.0247. The highest BCUT2D eigenvalue weighted by atomic mass is 31.2. The number of allylic oxidation sites excluding steroid dienone is 2. The van der Waals surface area contributed by atoms with Crippen molar-refractivity contribution in [3.8, 4) is 0 Å². The molecule has 0 aromatic heterocycles. The van der Waals surface area contributed by atoms with Crippen LogP contribution < -0.4 is 5.73 Å². The second-order valence-electron chi connectivity index (χ2n) is 13.7. The van der Waals surface area contributed by atoms with Crippen molar-refractivity contribution in [3.05, 3.63) is 12.2 Å². The van der Waals surface area contributed by atoms with Crippen molar-refractivity contribution in [1.82, 2.24) is 0 Å². The van der Waals surface area contributed by atoms with Crippen LogP contribution in [0.2, 0.25) is 0 Å². The number of hydrogen-bond donors (Lipinski definition) is 3. The Morgan fingerprint density at radius 2 is 0.918 bits per heavy atom. The van der Waals surface area contributed by atoms with Crippen LogP contribution in [0.25, 0.3) is 0 Å². The van der Waals surface area contributed by atoms with E-state index in [9.17, 15) is 24.2 Å². The molecule has 0 radical (unpaired) electrons. The molecule has 0 bridgehead atoms. The van der Waals surface area contributed by atoms with Gasteiger partial charge < -0.3 is 25.2 Å². The summed E-state index contributed by atoms with van der Waals surface area (Å²) < 4.78 is 28.3. The Morgan fingerprint density at radius 1 is 0.592 bits per heavy atom. The van der Waals surface area contributed by atoms with Crippen molar-refractivity contribution in [2.24, 2.45) is 5.73 Å². The van der Waals surface area contributed by atoms with Crippen LogP contribution >= 0.6 is 7.60 Å². The average molecular weight is 718 g/mol. The number of esters is 2. The number of carbonyl (C=O) groups excluding carboxylic acids is 2. The lowest BCUT2D eigenvalue weighted by atomic mass is 10.0. The molecule has 0 aromatic rings.